The summed E-state index contributed by atoms with van der Waals surface area (Å²) in [5.74, 6) is 0. The Morgan fingerprint density at radius 2 is 2.07 bits per heavy atom. The van der Waals surface area contributed by atoms with Crippen molar-refractivity contribution in [1.29, 1.82) is 0 Å². The van der Waals surface area contributed by atoms with Crippen LogP contribution in [0.15, 0.2) is 0 Å². The van der Waals surface area contributed by atoms with Gasteiger partial charge in [0.05, 0.1) is 12.7 Å². The summed E-state index contributed by atoms with van der Waals surface area (Å²) in [5.41, 5.74) is 0. The molecule has 0 aromatic heterocycles. The van der Waals surface area contributed by atoms with Gasteiger partial charge in [-0.3, -0.25) is 4.90 Å². The van der Waals surface area contributed by atoms with Crippen LogP contribution in [0.5, 0.6) is 0 Å². The average molecular weight is 214 g/mol. The lowest BCUT2D eigenvalue weighted by Gasteiger charge is -2.20. The number of hydrogen-bond acceptors (Lipinski definition) is 3. The van der Waals surface area contributed by atoms with Gasteiger partial charge in [-0.2, -0.15) is 0 Å². The molecule has 0 bridgehead atoms. The predicted molar refractivity (Wildman–Crippen MR) is 64.2 cm³/mol. The minimum atomic E-state index is 0.350. The van der Waals surface area contributed by atoms with Crippen LogP contribution in [-0.4, -0.2) is 49.3 Å². The van der Waals surface area contributed by atoms with Crippen molar-refractivity contribution in [3.05, 3.63) is 0 Å². The molecule has 0 radical (unpaired) electrons. The van der Waals surface area contributed by atoms with E-state index in [0.29, 0.717) is 18.2 Å². The molecule has 1 aliphatic rings. The largest absolute Gasteiger partial charge is 0.377 e. The zero-order valence-electron chi connectivity index (χ0n) is 10.6. The van der Waals surface area contributed by atoms with Crippen LogP contribution in [0.2, 0.25) is 0 Å². The van der Waals surface area contributed by atoms with E-state index < -0.39 is 0 Å². The van der Waals surface area contributed by atoms with Crippen molar-refractivity contribution in [3.8, 4) is 0 Å². The third kappa shape index (κ3) is 4.96. The molecule has 1 aliphatic heterocycles. The first-order chi connectivity index (χ1) is 7.09. The highest BCUT2D eigenvalue weighted by Gasteiger charge is 2.23. The molecule has 0 spiro atoms. The topological polar surface area (TPSA) is 24.5 Å². The SMILES string of the molecule is CC(C)OCCNC1CCN(C(C)C)C1. The Hall–Kier alpha value is -0.120. The van der Waals surface area contributed by atoms with Crippen LogP contribution in [0, 0.1) is 0 Å². The van der Waals surface area contributed by atoms with Crippen molar-refractivity contribution in [2.24, 2.45) is 0 Å². The molecule has 1 N–H and O–H groups in total. The van der Waals surface area contributed by atoms with E-state index in [0.717, 1.165) is 13.2 Å². The molecule has 15 heavy (non-hydrogen) atoms. The van der Waals surface area contributed by atoms with E-state index in [1.165, 1.54) is 19.5 Å². The van der Waals surface area contributed by atoms with Gasteiger partial charge in [-0.1, -0.05) is 0 Å². The number of nitrogens with one attached hydrogen (secondary N) is 1. The van der Waals surface area contributed by atoms with Gasteiger partial charge in [0.2, 0.25) is 0 Å². The Morgan fingerprint density at radius 3 is 2.60 bits per heavy atom. The second kappa shape index (κ2) is 6.46. The van der Waals surface area contributed by atoms with Crippen molar-refractivity contribution < 1.29 is 4.74 Å². The van der Waals surface area contributed by atoms with Gasteiger partial charge in [0, 0.05) is 25.2 Å². The van der Waals surface area contributed by atoms with Gasteiger partial charge in [-0.05, 0) is 40.7 Å². The maximum atomic E-state index is 5.50. The summed E-state index contributed by atoms with van der Waals surface area (Å²) in [4.78, 5) is 2.53. The van der Waals surface area contributed by atoms with E-state index in [1.54, 1.807) is 0 Å². The molecule has 3 heteroatoms. The Bertz CT molecular complexity index is 171. The zero-order valence-corrected chi connectivity index (χ0v) is 10.6. The monoisotopic (exact) mass is 214 g/mol. The van der Waals surface area contributed by atoms with Crippen molar-refractivity contribution in [3.63, 3.8) is 0 Å². The van der Waals surface area contributed by atoms with E-state index in [1.807, 2.05) is 0 Å². The summed E-state index contributed by atoms with van der Waals surface area (Å²) in [6, 6.07) is 1.35. The van der Waals surface area contributed by atoms with Crippen LogP contribution in [0.3, 0.4) is 0 Å². The highest BCUT2D eigenvalue weighted by Crippen LogP contribution is 2.11. The molecule has 0 saturated carbocycles. The minimum absolute atomic E-state index is 0.350. The Kier molecular flexibility index (Phi) is 5.58. The Morgan fingerprint density at radius 1 is 1.33 bits per heavy atom. The molecule has 1 rings (SSSR count). The fourth-order valence-corrected chi connectivity index (χ4v) is 1.98. The quantitative estimate of drug-likeness (QED) is 0.678. The molecule has 1 saturated heterocycles. The van der Waals surface area contributed by atoms with Crippen LogP contribution < -0.4 is 5.32 Å². The molecular weight excluding hydrogens is 188 g/mol. The normalized spacial score (nSPS) is 23.2. The molecule has 1 heterocycles. The highest BCUT2D eigenvalue weighted by molar-refractivity contribution is 4.82. The number of nitrogens with zero attached hydrogens (tertiary/aromatic N) is 1. The van der Waals surface area contributed by atoms with E-state index >= 15 is 0 Å². The number of likely N-dealkylation sites (tertiary alicyclic amines) is 1. The van der Waals surface area contributed by atoms with Gasteiger partial charge < -0.3 is 10.1 Å². The molecule has 1 fully saturated rings. The van der Waals surface area contributed by atoms with Gasteiger partial charge in [-0.25, -0.2) is 0 Å². The average Bonchev–Trinajstić information content (AvgIpc) is 2.60. The highest BCUT2D eigenvalue weighted by atomic mass is 16.5. The smallest absolute Gasteiger partial charge is 0.0594 e. The van der Waals surface area contributed by atoms with Crippen molar-refractivity contribution in [2.45, 2.75) is 52.3 Å². The summed E-state index contributed by atoms with van der Waals surface area (Å²) in [5, 5.41) is 3.56. The standard InChI is InChI=1S/C12H26N2O/c1-10(2)14-7-5-12(9-14)13-6-8-15-11(3)4/h10-13H,5-9H2,1-4H3. The summed E-state index contributed by atoms with van der Waals surface area (Å²) < 4.78 is 5.50. The van der Waals surface area contributed by atoms with Gasteiger partial charge in [-0.15, -0.1) is 0 Å². The van der Waals surface area contributed by atoms with Crippen LogP contribution >= 0.6 is 0 Å². The third-order valence-electron chi connectivity index (χ3n) is 2.94. The first-order valence-corrected chi connectivity index (χ1v) is 6.18. The molecule has 3 nitrogen and oxygen atoms in total. The summed E-state index contributed by atoms with van der Waals surface area (Å²) in [6.07, 6.45) is 1.63. The summed E-state index contributed by atoms with van der Waals surface area (Å²) in [6.45, 7) is 12.9. The second-order valence-electron chi connectivity index (χ2n) is 4.95. The summed E-state index contributed by atoms with van der Waals surface area (Å²) >= 11 is 0. The van der Waals surface area contributed by atoms with Crippen LogP contribution in [0.1, 0.15) is 34.1 Å². The molecular formula is C12H26N2O. The van der Waals surface area contributed by atoms with Gasteiger partial charge in [0.25, 0.3) is 0 Å². The molecule has 90 valence electrons. The fraction of sp³-hybridized carbons (Fsp3) is 1.00. The van der Waals surface area contributed by atoms with E-state index in [-0.39, 0.29) is 0 Å². The lowest BCUT2D eigenvalue weighted by molar-refractivity contribution is 0.0794. The van der Waals surface area contributed by atoms with E-state index in [4.69, 9.17) is 4.74 Å². The third-order valence-corrected chi connectivity index (χ3v) is 2.94. The van der Waals surface area contributed by atoms with Gasteiger partial charge in [0.15, 0.2) is 0 Å². The van der Waals surface area contributed by atoms with Crippen LogP contribution in [0.25, 0.3) is 0 Å². The number of rotatable bonds is 6. The Labute approximate surface area is 94.2 Å². The van der Waals surface area contributed by atoms with Crippen molar-refractivity contribution in [2.75, 3.05) is 26.2 Å². The lowest BCUT2D eigenvalue weighted by atomic mass is 10.2. The molecule has 0 aromatic rings. The molecule has 1 atom stereocenters. The fourth-order valence-electron chi connectivity index (χ4n) is 1.98. The number of hydrogen-bond donors (Lipinski definition) is 1. The second-order valence-corrected chi connectivity index (χ2v) is 4.95. The molecule has 1 unspecified atom stereocenters. The predicted octanol–water partition coefficient (Wildman–Crippen LogP) is 1.48. The summed E-state index contributed by atoms with van der Waals surface area (Å²) in [7, 11) is 0. The molecule has 0 aliphatic carbocycles. The first kappa shape index (κ1) is 12.9. The Balaban J connectivity index is 2.04. The first-order valence-electron chi connectivity index (χ1n) is 6.18. The van der Waals surface area contributed by atoms with E-state index in [2.05, 4.69) is 37.9 Å². The van der Waals surface area contributed by atoms with Gasteiger partial charge in [0.1, 0.15) is 0 Å². The van der Waals surface area contributed by atoms with Gasteiger partial charge >= 0.3 is 0 Å². The minimum Gasteiger partial charge on any atom is -0.377 e. The molecule has 0 aromatic carbocycles. The van der Waals surface area contributed by atoms with Crippen molar-refractivity contribution >= 4 is 0 Å². The van der Waals surface area contributed by atoms with E-state index in [9.17, 15) is 0 Å². The molecule has 0 amide bonds. The lowest BCUT2D eigenvalue weighted by Crippen LogP contribution is -2.36. The number of ether oxygens (including phenoxy) is 1. The maximum absolute atomic E-state index is 5.50. The van der Waals surface area contributed by atoms with Crippen LogP contribution in [0.4, 0.5) is 0 Å². The maximum Gasteiger partial charge on any atom is 0.0594 e. The zero-order chi connectivity index (χ0) is 11.3. The van der Waals surface area contributed by atoms with Crippen molar-refractivity contribution in [1.82, 2.24) is 10.2 Å². The van der Waals surface area contributed by atoms with Crippen LogP contribution in [-0.2, 0) is 4.74 Å².